The van der Waals surface area contributed by atoms with Crippen molar-refractivity contribution in [2.24, 2.45) is 0 Å². The standard InChI is InChI=1S/C8H9F.C3H7F2P.C2H6/c1-6-3-4-8(9)7(2)5-6;1-2-3(4,5)6;1-2/h3-5H,1-2H3;2,6H2,1H3;1-2H3. The first kappa shape index (κ1) is 18.8. The summed E-state index contributed by atoms with van der Waals surface area (Å²) in [4.78, 5) is 0. The van der Waals surface area contributed by atoms with Crippen LogP contribution in [-0.4, -0.2) is 5.66 Å². The number of hydrogen-bond donors (Lipinski definition) is 0. The van der Waals surface area contributed by atoms with E-state index in [9.17, 15) is 13.2 Å². The van der Waals surface area contributed by atoms with Gasteiger partial charge in [-0.3, -0.25) is 0 Å². The van der Waals surface area contributed by atoms with Gasteiger partial charge in [-0.1, -0.05) is 47.7 Å². The zero-order valence-electron chi connectivity index (χ0n) is 11.2. The molecular formula is C13H22F3P. The maximum absolute atomic E-state index is 12.5. The van der Waals surface area contributed by atoms with E-state index in [0.29, 0.717) is 0 Å². The van der Waals surface area contributed by atoms with Gasteiger partial charge in [0.15, 0.2) is 0 Å². The minimum atomic E-state index is -2.54. The molecule has 0 spiro atoms. The van der Waals surface area contributed by atoms with Crippen LogP contribution in [0.5, 0.6) is 0 Å². The molecule has 0 heterocycles. The highest BCUT2D eigenvalue weighted by Crippen LogP contribution is 2.24. The number of aryl methyl sites for hydroxylation is 2. The smallest absolute Gasteiger partial charge is 0.207 e. The largest absolute Gasteiger partial charge is 0.258 e. The Bertz CT molecular complexity index is 306. The lowest BCUT2D eigenvalue weighted by Gasteiger charge is -2.01. The Morgan fingerprint density at radius 1 is 1.18 bits per heavy atom. The van der Waals surface area contributed by atoms with E-state index in [-0.39, 0.29) is 12.2 Å². The van der Waals surface area contributed by atoms with Crippen LogP contribution in [0, 0.1) is 19.7 Å². The zero-order valence-corrected chi connectivity index (χ0v) is 12.3. The van der Waals surface area contributed by atoms with Crippen molar-refractivity contribution in [3.05, 3.63) is 35.1 Å². The molecule has 0 aromatic heterocycles. The Morgan fingerprint density at radius 3 is 1.82 bits per heavy atom. The van der Waals surface area contributed by atoms with Gasteiger partial charge in [0.1, 0.15) is 5.82 Å². The maximum Gasteiger partial charge on any atom is 0.258 e. The molecule has 100 valence electrons. The Kier molecular flexibility index (Phi) is 10.5. The molecule has 1 rings (SSSR count). The van der Waals surface area contributed by atoms with Gasteiger partial charge < -0.3 is 0 Å². The highest BCUT2D eigenvalue weighted by Gasteiger charge is 2.15. The lowest BCUT2D eigenvalue weighted by atomic mass is 10.1. The van der Waals surface area contributed by atoms with Crippen LogP contribution in [0.4, 0.5) is 13.2 Å². The van der Waals surface area contributed by atoms with Crippen molar-refractivity contribution in [1.82, 2.24) is 0 Å². The Hall–Kier alpha value is -0.560. The van der Waals surface area contributed by atoms with E-state index in [2.05, 4.69) is 0 Å². The zero-order chi connectivity index (χ0) is 14.1. The van der Waals surface area contributed by atoms with E-state index >= 15 is 0 Å². The second-order valence-electron chi connectivity index (χ2n) is 3.37. The first-order chi connectivity index (χ1) is 7.76. The molecule has 0 aliphatic carbocycles. The molecule has 1 atom stereocenters. The van der Waals surface area contributed by atoms with Gasteiger partial charge in [-0.15, -0.1) is 0 Å². The molecule has 17 heavy (non-hydrogen) atoms. The minimum Gasteiger partial charge on any atom is -0.207 e. The summed E-state index contributed by atoms with van der Waals surface area (Å²) in [6.45, 7) is 9.15. The van der Waals surface area contributed by atoms with E-state index in [4.69, 9.17) is 0 Å². The molecule has 0 fully saturated rings. The second-order valence-corrected chi connectivity index (χ2v) is 4.21. The third-order valence-electron chi connectivity index (χ3n) is 1.78. The lowest BCUT2D eigenvalue weighted by molar-refractivity contribution is 0.100. The molecule has 1 aromatic rings. The number of halogens is 3. The predicted octanol–water partition coefficient (Wildman–Crippen LogP) is 5.33. The summed E-state index contributed by atoms with van der Waals surface area (Å²) in [5, 5.41) is 0. The van der Waals surface area contributed by atoms with Crippen molar-refractivity contribution < 1.29 is 13.2 Å². The fourth-order valence-electron chi connectivity index (χ4n) is 0.795. The van der Waals surface area contributed by atoms with Gasteiger partial charge in [0.25, 0.3) is 5.66 Å². The van der Waals surface area contributed by atoms with Gasteiger partial charge in [0.05, 0.1) is 0 Å². The van der Waals surface area contributed by atoms with Gasteiger partial charge in [0, 0.05) is 6.42 Å². The number of alkyl halides is 2. The van der Waals surface area contributed by atoms with Crippen LogP contribution < -0.4 is 0 Å². The first-order valence-corrected chi connectivity index (χ1v) is 6.23. The third kappa shape index (κ3) is 11.7. The van der Waals surface area contributed by atoms with E-state index in [1.165, 1.54) is 22.2 Å². The molecule has 1 aromatic carbocycles. The van der Waals surface area contributed by atoms with Crippen LogP contribution >= 0.6 is 9.24 Å². The van der Waals surface area contributed by atoms with Crippen LogP contribution in [0.2, 0.25) is 0 Å². The molecule has 0 saturated heterocycles. The average Bonchev–Trinajstić information content (AvgIpc) is 2.27. The van der Waals surface area contributed by atoms with Crippen molar-refractivity contribution in [2.45, 2.75) is 46.7 Å². The number of benzene rings is 1. The van der Waals surface area contributed by atoms with Crippen LogP contribution in [0.15, 0.2) is 18.2 Å². The molecule has 0 nitrogen and oxygen atoms in total. The highest BCUT2D eigenvalue weighted by atomic mass is 31.0. The Balaban J connectivity index is 0. The monoisotopic (exact) mass is 266 g/mol. The molecule has 0 N–H and O–H groups in total. The second kappa shape index (κ2) is 9.47. The molecular weight excluding hydrogens is 244 g/mol. The Morgan fingerprint density at radius 2 is 1.59 bits per heavy atom. The normalized spacial score (nSPS) is 9.71. The molecule has 0 amide bonds. The molecule has 0 aliphatic rings. The fourth-order valence-corrected chi connectivity index (χ4v) is 0.795. The third-order valence-corrected chi connectivity index (χ3v) is 2.19. The van der Waals surface area contributed by atoms with Crippen molar-refractivity contribution in [2.75, 3.05) is 0 Å². The summed E-state index contributed by atoms with van der Waals surface area (Å²) in [5.74, 6) is -0.124. The fraction of sp³-hybridized carbons (Fsp3) is 0.538. The molecule has 0 bridgehead atoms. The van der Waals surface area contributed by atoms with Gasteiger partial charge in [0.2, 0.25) is 0 Å². The number of hydrogen-bond acceptors (Lipinski definition) is 0. The molecule has 4 heteroatoms. The van der Waals surface area contributed by atoms with Gasteiger partial charge in [-0.2, -0.15) is 0 Å². The summed E-state index contributed by atoms with van der Waals surface area (Å²) in [6.07, 6.45) is -0.0995. The Labute approximate surface area is 105 Å². The van der Waals surface area contributed by atoms with Crippen LogP contribution in [-0.2, 0) is 0 Å². The topological polar surface area (TPSA) is 0 Å². The summed E-state index contributed by atoms with van der Waals surface area (Å²) in [6, 6.07) is 5.09. The van der Waals surface area contributed by atoms with Gasteiger partial charge in [-0.25, -0.2) is 13.2 Å². The summed E-state index contributed by atoms with van der Waals surface area (Å²) in [7, 11) is 1.46. The maximum atomic E-state index is 12.5. The van der Waals surface area contributed by atoms with Crippen LogP contribution in [0.1, 0.15) is 38.3 Å². The van der Waals surface area contributed by atoms with E-state index < -0.39 is 5.66 Å². The average molecular weight is 266 g/mol. The molecule has 0 aliphatic heterocycles. The van der Waals surface area contributed by atoms with E-state index in [0.717, 1.165) is 11.1 Å². The van der Waals surface area contributed by atoms with Crippen molar-refractivity contribution in [3.8, 4) is 0 Å². The number of rotatable bonds is 1. The molecule has 0 saturated carbocycles. The minimum absolute atomic E-state index is 0.0995. The SMILES string of the molecule is CC.CCC(F)(F)P.Cc1ccc(F)c(C)c1. The van der Waals surface area contributed by atoms with E-state index in [1.807, 2.05) is 26.8 Å². The van der Waals surface area contributed by atoms with Crippen LogP contribution in [0.3, 0.4) is 0 Å². The molecule has 0 radical (unpaired) electrons. The quantitative estimate of drug-likeness (QED) is 0.602. The highest BCUT2D eigenvalue weighted by molar-refractivity contribution is 7.18. The van der Waals surface area contributed by atoms with Crippen molar-refractivity contribution in [1.29, 1.82) is 0 Å². The van der Waals surface area contributed by atoms with Crippen molar-refractivity contribution in [3.63, 3.8) is 0 Å². The van der Waals surface area contributed by atoms with Gasteiger partial charge >= 0.3 is 0 Å². The summed E-state index contributed by atoms with van der Waals surface area (Å²) < 4.78 is 35.3. The van der Waals surface area contributed by atoms with Gasteiger partial charge in [-0.05, 0) is 25.5 Å². The predicted molar refractivity (Wildman–Crippen MR) is 72.2 cm³/mol. The van der Waals surface area contributed by atoms with E-state index in [1.54, 1.807) is 13.0 Å². The molecule has 1 unspecified atom stereocenters. The first-order valence-electron chi connectivity index (χ1n) is 5.65. The lowest BCUT2D eigenvalue weighted by Crippen LogP contribution is -1.99. The summed E-state index contributed by atoms with van der Waals surface area (Å²) >= 11 is 0. The summed E-state index contributed by atoms with van der Waals surface area (Å²) in [5.41, 5.74) is -0.719. The van der Waals surface area contributed by atoms with Crippen molar-refractivity contribution >= 4 is 9.24 Å². The van der Waals surface area contributed by atoms with Crippen LogP contribution in [0.25, 0.3) is 0 Å².